The lowest BCUT2D eigenvalue weighted by Gasteiger charge is -2.13. The second kappa shape index (κ2) is 4.37. The lowest BCUT2D eigenvalue weighted by Crippen LogP contribution is -2.21. The van der Waals surface area contributed by atoms with E-state index in [1.807, 2.05) is 19.2 Å². The average molecular weight is 199 g/mol. The Hall–Kier alpha value is -0.900. The molecule has 0 spiro atoms. The van der Waals surface area contributed by atoms with E-state index in [2.05, 4.69) is 4.98 Å². The molecule has 0 saturated carbocycles. The molecule has 1 unspecified atom stereocenters. The smallest absolute Gasteiger partial charge is 0.307 e. The number of nitrogens with zero attached hydrogens (tertiary/aromatic N) is 1. The van der Waals surface area contributed by atoms with E-state index in [1.54, 1.807) is 6.20 Å². The summed E-state index contributed by atoms with van der Waals surface area (Å²) in [7, 11) is 0. The van der Waals surface area contributed by atoms with E-state index in [4.69, 9.17) is 5.11 Å². The van der Waals surface area contributed by atoms with E-state index in [1.165, 1.54) is 11.3 Å². The fourth-order valence-electron chi connectivity index (χ4n) is 1.15. The molecule has 0 saturated heterocycles. The summed E-state index contributed by atoms with van der Waals surface area (Å²) in [5.41, 5.74) is 0. The maximum atomic E-state index is 10.8. The molecule has 1 atom stereocenters. The predicted molar refractivity (Wildman–Crippen MR) is 51.8 cm³/mol. The van der Waals surface area contributed by atoms with Crippen molar-refractivity contribution in [1.82, 2.24) is 4.98 Å². The molecule has 0 amide bonds. The highest BCUT2D eigenvalue weighted by Crippen LogP contribution is 2.18. The van der Waals surface area contributed by atoms with Crippen LogP contribution < -0.4 is 0 Å². The molecule has 1 N–H and O–H groups in total. The topological polar surface area (TPSA) is 50.2 Å². The van der Waals surface area contributed by atoms with Crippen LogP contribution in [0.3, 0.4) is 0 Å². The number of rotatable bonds is 4. The number of carbonyl (C=O) groups is 1. The monoisotopic (exact) mass is 199 g/mol. The maximum absolute atomic E-state index is 10.8. The molecule has 0 aliphatic rings. The lowest BCUT2D eigenvalue weighted by atomic mass is 9.93. The summed E-state index contributed by atoms with van der Waals surface area (Å²) in [6.07, 6.45) is 2.25. The van der Waals surface area contributed by atoms with Gasteiger partial charge in [-0.3, -0.25) is 4.79 Å². The number of carboxylic acid groups (broad SMARTS) is 1. The molecule has 1 heterocycles. The highest BCUT2D eigenvalue weighted by atomic mass is 32.1. The van der Waals surface area contributed by atoms with Crippen LogP contribution in [0.5, 0.6) is 0 Å². The van der Waals surface area contributed by atoms with Crippen LogP contribution in [-0.4, -0.2) is 16.1 Å². The fraction of sp³-hybridized carbons (Fsp3) is 0.556. The summed E-state index contributed by atoms with van der Waals surface area (Å²) in [6, 6.07) is 0. The third-order valence-corrected chi connectivity index (χ3v) is 2.80. The SMILES string of the molecule is CC(C)C(Cc1nccs1)C(=O)O. The molecule has 3 nitrogen and oxygen atoms in total. The van der Waals surface area contributed by atoms with Crippen molar-refractivity contribution in [2.24, 2.45) is 11.8 Å². The Kier molecular flexibility index (Phi) is 3.42. The first-order valence-electron chi connectivity index (χ1n) is 4.22. The molecule has 0 aliphatic heterocycles. The van der Waals surface area contributed by atoms with Gasteiger partial charge in [-0.05, 0) is 5.92 Å². The standard InChI is InChI=1S/C9H13NO2S/c1-6(2)7(9(11)12)5-8-10-3-4-13-8/h3-4,6-7H,5H2,1-2H3,(H,11,12). The van der Waals surface area contributed by atoms with Crippen LogP contribution in [-0.2, 0) is 11.2 Å². The highest BCUT2D eigenvalue weighted by molar-refractivity contribution is 7.09. The number of carboxylic acids is 1. The summed E-state index contributed by atoms with van der Waals surface area (Å²) in [5, 5.41) is 11.7. The van der Waals surface area contributed by atoms with E-state index in [9.17, 15) is 4.79 Å². The quantitative estimate of drug-likeness (QED) is 0.807. The van der Waals surface area contributed by atoms with Gasteiger partial charge in [0.05, 0.1) is 10.9 Å². The van der Waals surface area contributed by atoms with Crippen LogP contribution in [0.4, 0.5) is 0 Å². The first kappa shape index (κ1) is 10.2. The molecular weight excluding hydrogens is 186 g/mol. The van der Waals surface area contributed by atoms with E-state index in [0.29, 0.717) is 6.42 Å². The summed E-state index contributed by atoms with van der Waals surface area (Å²) in [5.74, 6) is -0.891. The van der Waals surface area contributed by atoms with Crippen molar-refractivity contribution < 1.29 is 9.90 Å². The van der Waals surface area contributed by atoms with Crippen molar-refractivity contribution in [3.05, 3.63) is 16.6 Å². The van der Waals surface area contributed by atoms with Crippen LogP contribution in [0, 0.1) is 11.8 Å². The Morgan fingerprint density at radius 2 is 2.38 bits per heavy atom. The van der Waals surface area contributed by atoms with Gasteiger partial charge in [-0.2, -0.15) is 0 Å². The molecule has 0 bridgehead atoms. The van der Waals surface area contributed by atoms with Gasteiger partial charge in [0.1, 0.15) is 0 Å². The molecular formula is C9H13NO2S. The minimum Gasteiger partial charge on any atom is -0.481 e. The zero-order valence-corrected chi connectivity index (χ0v) is 8.54. The number of thiazole rings is 1. The molecule has 0 aliphatic carbocycles. The van der Waals surface area contributed by atoms with Crippen molar-refractivity contribution in [2.45, 2.75) is 20.3 Å². The van der Waals surface area contributed by atoms with Crippen LogP contribution in [0.1, 0.15) is 18.9 Å². The number of hydrogen-bond acceptors (Lipinski definition) is 3. The molecule has 1 aromatic rings. The highest BCUT2D eigenvalue weighted by Gasteiger charge is 2.22. The van der Waals surface area contributed by atoms with Crippen molar-refractivity contribution in [1.29, 1.82) is 0 Å². The van der Waals surface area contributed by atoms with E-state index in [0.717, 1.165) is 5.01 Å². The molecule has 0 fully saturated rings. The summed E-state index contributed by atoms with van der Waals surface area (Å²) >= 11 is 1.51. The Balaban J connectivity index is 2.63. The summed E-state index contributed by atoms with van der Waals surface area (Å²) < 4.78 is 0. The van der Waals surface area contributed by atoms with Crippen LogP contribution in [0.25, 0.3) is 0 Å². The van der Waals surface area contributed by atoms with Gasteiger partial charge in [0.25, 0.3) is 0 Å². The van der Waals surface area contributed by atoms with E-state index < -0.39 is 5.97 Å². The molecule has 0 radical (unpaired) electrons. The van der Waals surface area contributed by atoms with Crippen LogP contribution in [0.15, 0.2) is 11.6 Å². The van der Waals surface area contributed by atoms with E-state index in [-0.39, 0.29) is 11.8 Å². The van der Waals surface area contributed by atoms with Gasteiger partial charge in [0.15, 0.2) is 0 Å². The molecule has 1 rings (SSSR count). The van der Waals surface area contributed by atoms with Crippen molar-refractivity contribution in [2.75, 3.05) is 0 Å². The first-order chi connectivity index (χ1) is 6.11. The molecule has 0 aromatic carbocycles. The third-order valence-electron chi connectivity index (χ3n) is 2.00. The van der Waals surface area contributed by atoms with Crippen LogP contribution in [0.2, 0.25) is 0 Å². The molecule has 13 heavy (non-hydrogen) atoms. The minimum absolute atomic E-state index is 0.154. The zero-order chi connectivity index (χ0) is 9.84. The Bertz CT molecular complexity index is 269. The average Bonchev–Trinajstić information content (AvgIpc) is 2.50. The van der Waals surface area contributed by atoms with Crippen molar-refractivity contribution in [3.63, 3.8) is 0 Å². The van der Waals surface area contributed by atoms with Gasteiger partial charge in [-0.15, -0.1) is 11.3 Å². The normalized spacial score (nSPS) is 13.2. The largest absolute Gasteiger partial charge is 0.481 e. The van der Waals surface area contributed by atoms with Crippen molar-refractivity contribution >= 4 is 17.3 Å². The summed E-state index contributed by atoms with van der Waals surface area (Å²) in [4.78, 5) is 14.9. The second-order valence-electron chi connectivity index (χ2n) is 3.32. The van der Waals surface area contributed by atoms with Crippen LogP contribution >= 0.6 is 11.3 Å². The third kappa shape index (κ3) is 2.81. The molecule has 4 heteroatoms. The van der Waals surface area contributed by atoms with Gasteiger partial charge in [-0.25, -0.2) is 4.98 Å². The number of aromatic nitrogens is 1. The maximum Gasteiger partial charge on any atom is 0.307 e. The van der Waals surface area contributed by atoms with Gasteiger partial charge in [0.2, 0.25) is 0 Å². The van der Waals surface area contributed by atoms with Gasteiger partial charge >= 0.3 is 5.97 Å². The Labute approximate surface area is 81.4 Å². The predicted octanol–water partition coefficient (Wildman–Crippen LogP) is 2.04. The van der Waals surface area contributed by atoms with Gasteiger partial charge in [0, 0.05) is 18.0 Å². The van der Waals surface area contributed by atoms with E-state index >= 15 is 0 Å². The zero-order valence-electron chi connectivity index (χ0n) is 7.73. The first-order valence-corrected chi connectivity index (χ1v) is 5.10. The van der Waals surface area contributed by atoms with Gasteiger partial charge in [-0.1, -0.05) is 13.8 Å². The second-order valence-corrected chi connectivity index (χ2v) is 4.30. The fourth-order valence-corrected chi connectivity index (χ4v) is 1.83. The Morgan fingerprint density at radius 1 is 1.69 bits per heavy atom. The number of aliphatic carboxylic acids is 1. The minimum atomic E-state index is -0.731. The molecule has 72 valence electrons. The summed E-state index contributed by atoms with van der Waals surface area (Å²) in [6.45, 7) is 3.85. The number of hydrogen-bond donors (Lipinski definition) is 1. The lowest BCUT2D eigenvalue weighted by molar-refractivity contribution is -0.143. The Morgan fingerprint density at radius 3 is 2.77 bits per heavy atom. The van der Waals surface area contributed by atoms with Crippen molar-refractivity contribution in [3.8, 4) is 0 Å². The van der Waals surface area contributed by atoms with Gasteiger partial charge < -0.3 is 5.11 Å². The molecule has 1 aromatic heterocycles.